The van der Waals surface area contributed by atoms with Gasteiger partial charge in [-0.05, 0) is 0 Å². The zero-order valence-corrected chi connectivity index (χ0v) is 10.3. The second-order valence-corrected chi connectivity index (χ2v) is 0. The molecule has 0 aliphatic carbocycles. The molecule has 0 rings (SSSR count). The summed E-state index contributed by atoms with van der Waals surface area (Å²) in [6.07, 6.45) is 0. The first-order valence-electron chi connectivity index (χ1n) is 0. The molecule has 9 heteroatoms. The average molecular weight is 201 g/mol. The van der Waals surface area contributed by atoms with Crippen LogP contribution < -0.4 is 87.1 Å². The Morgan fingerprint density at radius 2 is 0.556 bits per heavy atom. The summed E-state index contributed by atoms with van der Waals surface area (Å²) in [6.45, 7) is 0. The fourth-order valence-electron chi connectivity index (χ4n) is 0. The molecule has 0 radical (unpaired) electrons. The quantitative estimate of drug-likeness (QED) is 0.310. The molecule has 3 N–H and O–H groups in total. The second-order valence-electron chi connectivity index (χ2n) is 0. The number of rotatable bonds is 0. The van der Waals surface area contributed by atoms with Gasteiger partial charge in [0.15, 0.2) is 0 Å². The molecule has 0 heterocycles. The van der Waals surface area contributed by atoms with Crippen LogP contribution in [0.5, 0.6) is 0 Å². The van der Waals surface area contributed by atoms with Gasteiger partial charge in [-0.3, -0.25) is 28.2 Å². The Morgan fingerprint density at radius 3 is 0.556 bits per heavy atom. The van der Waals surface area contributed by atoms with Crippen LogP contribution in [0.4, 0.5) is 28.2 Å². The minimum Gasteiger partial charge on any atom is -1.00 e. The molecule has 1 nitrogen and oxygen atoms in total. The molecule has 0 spiro atoms. The third-order valence-corrected chi connectivity index (χ3v) is 0. The van der Waals surface area contributed by atoms with Gasteiger partial charge in [0, 0.05) is 0 Å². The molecular formula is H11F6KNNa. The molecule has 9 heavy (non-hydrogen) atoms. The molecule has 0 bridgehead atoms. The fourth-order valence-corrected chi connectivity index (χ4v) is 0. The first kappa shape index (κ1) is 244. The summed E-state index contributed by atoms with van der Waals surface area (Å²) >= 11 is 0. The Kier molecular flexibility index (Phi) is 4910. The molecule has 0 atom stereocenters. The maximum atomic E-state index is 0. The van der Waals surface area contributed by atoms with E-state index >= 15 is 0 Å². The molecular weight excluding hydrogens is 190 g/mol. The number of hydrogen-bond acceptors (Lipinski definition) is 1. The molecule has 0 amide bonds. The van der Waals surface area contributed by atoms with Gasteiger partial charge in [0.1, 0.15) is 0 Å². The van der Waals surface area contributed by atoms with Gasteiger partial charge in [0.2, 0.25) is 0 Å². The summed E-state index contributed by atoms with van der Waals surface area (Å²) in [6, 6.07) is 0. The van der Waals surface area contributed by atoms with Crippen molar-refractivity contribution >= 4 is 0 Å². The minimum atomic E-state index is 0. The number of halogens is 6. The van der Waals surface area contributed by atoms with Crippen LogP contribution in [0.15, 0.2) is 0 Å². The van der Waals surface area contributed by atoms with Crippen LogP contribution in [0, 0.1) is 0 Å². The molecule has 0 aromatic rings. The third kappa shape index (κ3) is 144. The topological polar surface area (TPSA) is 35.0 Å². The van der Waals surface area contributed by atoms with Crippen molar-refractivity contribution in [3.05, 3.63) is 0 Å². The second kappa shape index (κ2) is 181. The molecule has 60 valence electrons. The van der Waals surface area contributed by atoms with Crippen molar-refractivity contribution < 1.29 is 112 Å². The molecule has 0 unspecified atom stereocenters. The zero-order chi connectivity index (χ0) is 0. The van der Waals surface area contributed by atoms with E-state index in [0.717, 1.165) is 0 Å². The molecule has 0 aromatic carbocycles. The first-order chi connectivity index (χ1) is 0. The molecule has 0 aromatic heterocycles. The normalized spacial score (nSPS) is 0. The van der Waals surface area contributed by atoms with Crippen molar-refractivity contribution in [2.45, 2.75) is 0 Å². The summed E-state index contributed by atoms with van der Waals surface area (Å²) in [5.74, 6) is 0. The van der Waals surface area contributed by atoms with Gasteiger partial charge in [0.05, 0.1) is 0 Å². The Labute approximate surface area is 116 Å². The molecule has 0 aliphatic heterocycles. The first-order valence-corrected chi connectivity index (χ1v) is 0. The molecule has 0 aliphatic rings. The summed E-state index contributed by atoms with van der Waals surface area (Å²) in [7, 11) is 0. The summed E-state index contributed by atoms with van der Waals surface area (Å²) in [5.41, 5.74) is 0. The van der Waals surface area contributed by atoms with E-state index in [9.17, 15) is 0 Å². The van der Waals surface area contributed by atoms with Crippen molar-refractivity contribution in [1.82, 2.24) is 6.15 Å². The van der Waals surface area contributed by atoms with Gasteiger partial charge in [0.25, 0.3) is 0 Å². The van der Waals surface area contributed by atoms with Crippen molar-refractivity contribution in [2.75, 3.05) is 0 Å². The standard InChI is InChI=1S/6FH.K.H3N.Na.2H/h6*1H;;1H3;;;/q;;;;;;+1;;+1;2*-1. The van der Waals surface area contributed by atoms with Crippen molar-refractivity contribution in [1.29, 1.82) is 0 Å². The molecule has 0 saturated carbocycles. The Balaban J connectivity index is 0. The van der Waals surface area contributed by atoms with Crippen LogP contribution >= 0.6 is 0 Å². The van der Waals surface area contributed by atoms with E-state index < -0.39 is 0 Å². The minimum absolute atomic E-state index is 0. The zero-order valence-electron chi connectivity index (χ0n) is 7.16. The van der Waals surface area contributed by atoms with Crippen LogP contribution in [0.25, 0.3) is 0 Å². The molecule has 0 fully saturated rings. The Hall–Kier alpha value is 2.18. The van der Waals surface area contributed by atoms with Crippen LogP contribution in [0.2, 0.25) is 0 Å². The predicted molar refractivity (Wildman–Crippen MR) is 22.3 cm³/mol. The van der Waals surface area contributed by atoms with E-state index in [4.69, 9.17) is 0 Å². The summed E-state index contributed by atoms with van der Waals surface area (Å²) in [4.78, 5) is 0. The van der Waals surface area contributed by atoms with E-state index in [-0.39, 0.29) is 118 Å². The molecule has 0 saturated heterocycles. The number of hydrogen-bond donors (Lipinski definition) is 1. The van der Waals surface area contributed by atoms with Gasteiger partial charge in [-0.2, -0.15) is 0 Å². The van der Waals surface area contributed by atoms with E-state index in [1.165, 1.54) is 0 Å². The van der Waals surface area contributed by atoms with E-state index in [1.54, 1.807) is 0 Å². The van der Waals surface area contributed by atoms with E-state index in [2.05, 4.69) is 0 Å². The largest absolute Gasteiger partial charge is 1.00 e. The maximum Gasteiger partial charge on any atom is 1.00 e. The van der Waals surface area contributed by atoms with Crippen LogP contribution in [-0.2, 0) is 0 Å². The fraction of sp³-hybridized carbons (Fsp3) is 0. The van der Waals surface area contributed by atoms with E-state index in [0.29, 0.717) is 0 Å². The van der Waals surface area contributed by atoms with Crippen LogP contribution in [0.3, 0.4) is 0 Å². The van der Waals surface area contributed by atoms with Gasteiger partial charge in [-0.25, -0.2) is 0 Å². The van der Waals surface area contributed by atoms with Crippen molar-refractivity contribution in [3.63, 3.8) is 0 Å². The van der Waals surface area contributed by atoms with Gasteiger partial charge in [-0.15, -0.1) is 0 Å². The van der Waals surface area contributed by atoms with Gasteiger partial charge >= 0.3 is 80.9 Å². The predicted octanol–water partition coefficient (Wildman–Crippen LogP) is -4.69. The monoisotopic (exact) mass is 201 g/mol. The van der Waals surface area contributed by atoms with Crippen molar-refractivity contribution in [2.24, 2.45) is 0 Å². The van der Waals surface area contributed by atoms with Crippen LogP contribution in [0.1, 0.15) is 2.85 Å². The SMILES string of the molecule is F.F.F.F.F.F.N.[H-].[H-].[K+].[Na+]. The van der Waals surface area contributed by atoms with Crippen LogP contribution in [-0.4, -0.2) is 0 Å². The van der Waals surface area contributed by atoms with Gasteiger partial charge in [-0.1, -0.05) is 0 Å². The van der Waals surface area contributed by atoms with Gasteiger partial charge < -0.3 is 9.00 Å². The summed E-state index contributed by atoms with van der Waals surface area (Å²) < 4.78 is 0. The Bertz CT molecular complexity index is 20.5. The maximum absolute atomic E-state index is 0. The summed E-state index contributed by atoms with van der Waals surface area (Å²) in [5, 5.41) is 0. The van der Waals surface area contributed by atoms with Crippen molar-refractivity contribution in [3.8, 4) is 0 Å². The average Bonchev–Trinajstić information content (AvgIpc) is 0. The van der Waals surface area contributed by atoms with E-state index in [1.807, 2.05) is 0 Å². The third-order valence-electron chi connectivity index (χ3n) is 0. The Morgan fingerprint density at radius 1 is 0.556 bits per heavy atom. The smallest absolute Gasteiger partial charge is 1.00 e.